The largest absolute Gasteiger partial charge is 0.481 e. The van der Waals surface area contributed by atoms with Gasteiger partial charge in [-0.1, -0.05) is 30.3 Å². The summed E-state index contributed by atoms with van der Waals surface area (Å²) in [6.45, 7) is 4.71. The lowest BCUT2D eigenvalue weighted by atomic mass is 10.1. The molecule has 12 heteroatoms. The van der Waals surface area contributed by atoms with Crippen LogP contribution in [0.15, 0.2) is 36.4 Å². The van der Waals surface area contributed by atoms with E-state index in [4.69, 9.17) is 9.72 Å². The molecule has 40 heavy (non-hydrogen) atoms. The number of carboxylic acid groups (broad SMARTS) is 1. The van der Waals surface area contributed by atoms with Crippen LogP contribution in [0.5, 0.6) is 0 Å². The van der Waals surface area contributed by atoms with E-state index in [0.29, 0.717) is 11.6 Å². The number of aliphatic carboxylic acids is 1. The standard InChI is InChI=1S/C28H36N6O6/c1-2-40-28(39)34-17-15-33(16-18-34)27(38)21(11-12-24(35)36)30-26(37)22-19-23(32-13-7-4-8-14-32)31-25(29-22)20-9-5-3-6-10-20/h3,5-6,9-10,19,21H,2,4,7-8,11-18H2,1H3,(H,30,37)(H,35,36)/t21-/m0/s1. The maximum atomic E-state index is 13.5. The molecule has 12 nitrogen and oxygen atoms in total. The second-order valence-electron chi connectivity index (χ2n) is 9.82. The van der Waals surface area contributed by atoms with Crippen LogP contribution in [0.3, 0.4) is 0 Å². The molecule has 2 saturated heterocycles. The van der Waals surface area contributed by atoms with Gasteiger partial charge in [-0.25, -0.2) is 14.8 Å². The Labute approximate surface area is 233 Å². The van der Waals surface area contributed by atoms with Gasteiger partial charge in [0.1, 0.15) is 17.6 Å². The van der Waals surface area contributed by atoms with Gasteiger partial charge in [0, 0.05) is 57.3 Å². The predicted molar refractivity (Wildman–Crippen MR) is 147 cm³/mol. The molecule has 0 radical (unpaired) electrons. The molecular formula is C28H36N6O6. The van der Waals surface area contributed by atoms with Crippen molar-refractivity contribution >= 4 is 29.7 Å². The number of piperidine rings is 1. The molecule has 3 heterocycles. The van der Waals surface area contributed by atoms with Crippen LogP contribution in [-0.4, -0.2) is 101 Å². The van der Waals surface area contributed by atoms with Crippen molar-refractivity contribution in [3.05, 3.63) is 42.1 Å². The van der Waals surface area contributed by atoms with Crippen LogP contribution in [0.4, 0.5) is 10.6 Å². The predicted octanol–water partition coefficient (Wildman–Crippen LogP) is 2.40. The minimum Gasteiger partial charge on any atom is -0.481 e. The van der Waals surface area contributed by atoms with E-state index >= 15 is 0 Å². The fourth-order valence-electron chi connectivity index (χ4n) is 4.85. The van der Waals surface area contributed by atoms with E-state index in [-0.39, 0.29) is 51.3 Å². The molecule has 2 N–H and O–H groups in total. The molecule has 214 valence electrons. The van der Waals surface area contributed by atoms with E-state index < -0.39 is 29.9 Å². The Morgan fingerprint density at radius 1 is 0.950 bits per heavy atom. The van der Waals surface area contributed by atoms with E-state index in [1.165, 1.54) is 9.80 Å². The molecule has 2 fully saturated rings. The highest BCUT2D eigenvalue weighted by atomic mass is 16.6. The Morgan fingerprint density at radius 3 is 2.27 bits per heavy atom. The third-order valence-corrected chi connectivity index (χ3v) is 7.02. The Kier molecular flexibility index (Phi) is 9.87. The van der Waals surface area contributed by atoms with Crippen LogP contribution in [-0.2, 0) is 14.3 Å². The number of nitrogens with zero attached hydrogens (tertiary/aromatic N) is 5. The number of amides is 3. The molecule has 2 aliphatic rings. The Hall–Kier alpha value is -4.22. The number of rotatable bonds is 9. The summed E-state index contributed by atoms with van der Waals surface area (Å²) in [5.41, 5.74) is 0.864. The van der Waals surface area contributed by atoms with Crippen molar-refractivity contribution in [2.75, 3.05) is 50.8 Å². The lowest BCUT2D eigenvalue weighted by Crippen LogP contribution is -2.56. The van der Waals surface area contributed by atoms with Gasteiger partial charge >= 0.3 is 12.1 Å². The number of carboxylic acids is 1. The van der Waals surface area contributed by atoms with Gasteiger partial charge in [-0.05, 0) is 32.6 Å². The number of ether oxygens (including phenoxy) is 1. The summed E-state index contributed by atoms with van der Waals surface area (Å²) in [4.78, 5) is 64.7. The maximum Gasteiger partial charge on any atom is 0.409 e. The second kappa shape index (κ2) is 13.7. The number of piperazine rings is 1. The van der Waals surface area contributed by atoms with Crippen molar-refractivity contribution in [1.82, 2.24) is 25.1 Å². The van der Waals surface area contributed by atoms with Gasteiger partial charge in [-0.2, -0.15) is 0 Å². The highest BCUT2D eigenvalue weighted by Crippen LogP contribution is 2.23. The summed E-state index contributed by atoms with van der Waals surface area (Å²) >= 11 is 0. The minimum atomic E-state index is -1.07. The minimum absolute atomic E-state index is 0.0758. The summed E-state index contributed by atoms with van der Waals surface area (Å²) in [6.07, 6.45) is 2.39. The van der Waals surface area contributed by atoms with Gasteiger partial charge in [-0.3, -0.25) is 14.4 Å². The highest BCUT2D eigenvalue weighted by Gasteiger charge is 2.31. The first kappa shape index (κ1) is 28.8. The summed E-state index contributed by atoms with van der Waals surface area (Å²) in [5.74, 6) is -1.00. The number of anilines is 1. The van der Waals surface area contributed by atoms with E-state index in [9.17, 15) is 24.3 Å². The molecule has 1 aromatic heterocycles. The Bertz CT molecular complexity index is 1200. The molecule has 0 spiro atoms. The number of carbonyl (C=O) groups excluding carboxylic acids is 3. The smallest absolute Gasteiger partial charge is 0.409 e. The van der Waals surface area contributed by atoms with E-state index in [2.05, 4.69) is 15.2 Å². The van der Waals surface area contributed by atoms with Crippen molar-refractivity contribution < 1.29 is 29.0 Å². The van der Waals surface area contributed by atoms with E-state index in [1.807, 2.05) is 30.3 Å². The second-order valence-corrected chi connectivity index (χ2v) is 9.82. The molecule has 1 aromatic carbocycles. The Balaban J connectivity index is 1.54. The number of benzene rings is 1. The lowest BCUT2D eigenvalue weighted by molar-refractivity contribution is -0.138. The van der Waals surface area contributed by atoms with Crippen LogP contribution in [0.25, 0.3) is 11.4 Å². The van der Waals surface area contributed by atoms with Gasteiger partial charge in [0.05, 0.1) is 6.61 Å². The fourth-order valence-corrected chi connectivity index (χ4v) is 4.85. The molecule has 2 aromatic rings. The number of aromatic nitrogens is 2. The average molecular weight is 553 g/mol. The quantitative estimate of drug-likeness (QED) is 0.479. The monoisotopic (exact) mass is 552 g/mol. The van der Waals surface area contributed by atoms with Gasteiger partial charge in [0.25, 0.3) is 5.91 Å². The molecule has 3 amide bonds. The zero-order valence-corrected chi connectivity index (χ0v) is 22.8. The topological polar surface area (TPSA) is 145 Å². The van der Waals surface area contributed by atoms with Crippen molar-refractivity contribution in [3.63, 3.8) is 0 Å². The van der Waals surface area contributed by atoms with E-state index in [1.54, 1.807) is 13.0 Å². The van der Waals surface area contributed by atoms with Gasteiger partial charge in [-0.15, -0.1) is 0 Å². The van der Waals surface area contributed by atoms with Gasteiger partial charge in [0.15, 0.2) is 5.82 Å². The maximum absolute atomic E-state index is 13.5. The van der Waals surface area contributed by atoms with Crippen LogP contribution in [0.2, 0.25) is 0 Å². The normalized spacial score (nSPS) is 16.3. The summed E-state index contributed by atoms with van der Waals surface area (Å²) < 4.78 is 5.03. The van der Waals surface area contributed by atoms with Crippen LogP contribution >= 0.6 is 0 Å². The summed E-state index contributed by atoms with van der Waals surface area (Å²) in [6, 6.07) is 9.92. The lowest BCUT2D eigenvalue weighted by Gasteiger charge is -2.36. The van der Waals surface area contributed by atoms with Gasteiger partial charge in [0.2, 0.25) is 5.91 Å². The molecule has 0 aliphatic carbocycles. The zero-order chi connectivity index (χ0) is 28.5. The third-order valence-electron chi connectivity index (χ3n) is 7.02. The molecule has 0 unspecified atom stereocenters. The summed E-state index contributed by atoms with van der Waals surface area (Å²) in [5, 5.41) is 12.0. The van der Waals surface area contributed by atoms with E-state index in [0.717, 1.165) is 37.9 Å². The average Bonchev–Trinajstić information content (AvgIpc) is 2.99. The molecule has 0 saturated carbocycles. The first-order chi connectivity index (χ1) is 19.4. The van der Waals surface area contributed by atoms with Crippen molar-refractivity contribution in [3.8, 4) is 11.4 Å². The molecule has 2 aliphatic heterocycles. The first-order valence-corrected chi connectivity index (χ1v) is 13.8. The molecule has 1 atom stereocenters. The highest BCUT2D eigenvalue weighted by molar-refractivity contribution is 5.97. The van der Waals surface area contributed by atoms with Crippen molar-refractivity contribution in [1.29, 1.82) is 0 Å². The SMILES string of the molecule is CCOC(=O)N1CCN(C(=O)[C@H](CCC(=O)O)NC(=O)c2cc(N3CCCCC3)nc(-c3ccccc3)n2)CC1. The molecule has 4 rings (SSSR count). The number of hydrogen-bond acceptors (Lipinski definition) is 8. The van der Waals surface area contributed by atoms with Crippen LogP contribution < -0.4 is 10.2 Å². The van der Waals surface area contributed by atoms with Crippen molar-refractivity contribution in [2.24, 2.45) is 0 Å². The number of carbonyl (C=O) groups is 4. The van der Waals surface area contributed by atoms with Gasteiger partial charge < -0.3 is 29.9 Å². The number of nitrogens with one attached hydrogen (secondary N) is 1. The van der Waals surface area contributed by atoms with Crippen LogP contribution in [0.1, 0.15) is 49.5 Å². The third kappa shape index (κ3) is 7.45. The Morgan fingerprint density at radius 2 is 1.62 bits per heavy atom. The molecular weight excluding hydrogens is 516 g/mol. The zero-order valence-electron chi connectivity index (χ0n) is 22.8. The summed E-state index contributed by atoms with van der Waals surface area (Å²) in [7, 11) is 0. The van der Waals surface area contributed by atoms with Crippen molar-refractivity contribution in [2.45, 2.75) is 45.1 Å². The number of hydrogen-bond donors (Lipinski definition) is 2. The first-order valence-electron chi connectivity index (χ1n) is 13.8. The molecule has 0 bridgehead atoms. The fraction of sp³-hybridized carbons (Fsp3) is 0.500. The van der Waals surface area contributed by atoms with Crippen LogP contribution in [0, 0.1) is 0 Å².